The van der Waals surface area contributed by atoms with Gasteiger partial charge in [0, 0.05) is 22.2 Å². The molecular weight excluding hydrogens is 417 g/mol. The Morgan fingerprint density at radius 3 is 2.54 bits per heavy atom. The zero-order valence-electron chi connectivity index (χ0n) is 15.3. The van der Waals surface area contributed by atoms with Crippen molar-refractivity contribution in [3.05, 3.63) is 68.5 Å². The minimum atomic E-state index is -0.221. The van der Waals surface area contributed by atoms with Crippen molar-refractivity contribution in [3.63, 3.8) is 0 Å². The summed E-state index contributed by atoms with van der Waals surface area (Å²) in [6.07, 6.45) is 3.48. The Morgan fingerprint density at radius 2 is 1.86 bits per heavy atom. The summed E-state index contributed by atoms with van der Waals surface area (Å²) in [6.45, 7) is 2.82. The summed E-state index contributed by atoms with van der Waals surface area (Å²) >= 11 is 13.0. The predicted molar refractivity (Wildman–Crippen MR) is 115 cm³/mol. The first-order chi connectivity index (χ1) is 13.5. The number of rotatable bonds is 7. The van der Waals surface area contributed by atoms with E-state index in [1.807, 2.05) is 37.3 Å². The van der Waals surface area contributed by atoms with Crippen molar-refractivity contribution in [2.24, 2.45) is 0 Å². The molecule has 1 heterocycles. The van der Waals surface area contributed by atoms with Crippen molar-refractivity contribution in [1.82, 2.24) is 4.90 Å². The standard InChI is InChI=1S/C21H19Cl2NO3S/c1-2-3-10-24-20(25)19(28-21(24)26)11-14-4-8-17(9-5-14)27-13-15-6-7-16(22)12-18(15)23/h4-9,11-12H,2-3,10,13H2,1H3/b19-11-. The largest absolute Gasteiger partial charge is 0.489 e. The number of amides is 2. The van der Waals surface area contributed by atoms with E-state index in [4.69, 9.17) is 27.9 Å². The van der Waals surface area contributed by atoms with Gasteiger partial charge in [-0.1, -0.05) is 54.7 Å². The van der Waals surface area contributed by atoms with Crippen LogP contribution in [-0.2, 0) is 11.4 Å². The molecular formula is C21H19Cl2NO3S. The third-order valence-electron chi connectivity index (χ3n) is 4.20. The van der Waals surface area contributed by atoms with Crippen LogP contribution in [0.5, 0.6) is 5.75 Å². The molecule has 0 N–H and O–H groups in total. The molecule has 4 nitrogen and oxygen atoms in total. The van der Waals surface area contributed by atoms with E-state index in [1.165, 1.54) is 4.90 Å². The Kier molecular flexibility index (Phi) is 7.05. The van der Waals surface area contributed by atoms with Crippen molar-refractivity contribution < 1.29 is 14.3 Å². The van der Waals surface area contributed by atoms with Gasteiger partial charge in [-0.15, -0.1) is 0 Å². The van der Waals surface area contributed by atoms with Crippen LogP contribution in [-0.4, -0.2) is 22.6 Å². The van der Waals surface area contributed by atoms with Crippen molar-refractivity contribution in [3.8, 4) is 5.75 Å². The van der Waals surface area contributed by atoms with Crippen LogP contribution >= 0.6 is 35.0 Å². The van der Waals surface area contributed by atoms with Crippen LogP contribution in [0.1, 0.15) is 30.9 Å². The average molecular weight is 436 g/mol. The highest BCUT2D eigenvalue weighted by Gasteiger charge is 2.34. The molecule has 0 saturated carbocycles. The second-order valence-corrected chi connectivity index (χ2v) is 8.12. The number of carbonyl (C=O) groups is 2. The molecule has 0 aromatic heterocycles. The highest BCUT2D eigenvalue weighted by Crippen LogP contribution is 2.32. The molecule has 1 fully saturated rings. The highest BCUT2D eigenvalue weighted by atomic mass is 35.5. The summed E-state index contributed by atoms with van der Waals surface area (Å²) in [7, 11) is 0. The molecule has 0 aliphatic carbocycles. The summed E-state index contributed by atoms with van der Waals surface area (Å²) in [5, 5.41) is 0.935. The Bertz CT molecular complexity index is 912. The number of imide groups is 1. The van der Waals surface area contributed by atoms with Crippen LogP contribution in [0.25, 0.3) is 6.08 Å². The molecule has 146 valence electrons. The molecule has 7 heteroatoms. The van der Waals surface area contributed by atoms with Gasteiger partial charge >= 0.3 is 0 Å². The smallest absolute Gasteiger partial charge is 0.293 e. The van der Waals surface area contributed by atoms with Gasteiger partial charge in [0.05, 0.1) is 4.91 Å². The molecule has 1 saturated heterocycles. The van der Waals surface area contributed by atoms with Crippen LogP contribution in [0, 0.1) is 0 Å². The Labute approximate surface area is 178 Å². The number of hydrogen-bond acceptors (Lipinski definition) is 4. The monoisotopic (exact) mass is 435 g/mol. The zero-order chi connectivity index (χ0) is 20.1. The number of benzene rings is 2. The van der Waals surface area contributed by atoms with Gasteiger partial charge in [0.25, 0.3) is 11.1 Å². The first kappa shape index (κ1) is 20.8. The molecule has 0 bridgehead atoms. The van der Waals surface area contributed by atoms with E-state index in [2.05, 4.69) is 0 Å². The molecule has 28 heavy (non-hydrogen) atoms. The minimum absolute atomic E-state index is 0.204. The second kappa shape index (κ2) is 9.50. The molecule has 0 atom stereocenters. The van der Waals surface area contributed by atoms with E-state index in [0.717, 1.165) is 35.7 Å². The number of nitrogens with zero attached hydrogens (tertiary/aromatic N) is 1. The van der Waals surface area contributed by atoms with Crippen LogP contribution < -0.4 is 4.74 Å². The zero-order valence-corrected chi connectivity index (χ0v) is 17.6. The van der Waals surface area contributed by atoms with Gasteiger partial charge in [-0.3, -0.25) is 14.5 Å². The maximum absolute atomic E-state index is 12.4. The molecule has 1 aliphatic rings. The van der Waals surface area contributed by atoms with Gasteiger partial charge in [-0.05, 0) is 54.1 Å². The number of halogens is 2. The number of thioether (sulfide) groups is 1. The lowest BCUT2D eigenvalue weighted by Crippen LogP contribution is -2.29. The number of unbranched alkanes of at least 4 members (excludes halogenated alkanes) is 1. The molecule has 2 amide bonds. The van der Waals surface area contributed by atoms with Crippen LogP contribution in [0.3, 0.4) is 0 Å². The second-order valence-electron chi connectivity index (χ2n) is 6.28. The third-order valence-corrected chi connectivity index (χ3v) is 5.69. The number of hydrogen-bond donors (Lipinski definition) is 0. The normalized spacial score (nSPS) is 15.5. The molecule has 3 rings (SSSR count). The summed E-state index contributed by atoms with van der Waals surface area (Å²) in [6, 6.07) is 12.6. The molecule has 0 spiro atoms. The lowest BCUT2D eigenvalue weighted by Gasteiger charge is -2.10. The van der Waals surface area contributed by atoms with Crippen LogP contribution in [0.4, 0.5) is 4.79 Å². The summed E-state index contributed by atoms with van der Waals surface area (Å²) < 4.78 is 5.75. The van der Waals surface area contributed by atoms with Gasteiger partial charge < -0.3 is 4.74 Å². The van der Waals surface area contributed by atoms with Gasteiger partial charge in [0.15, 0.2) is 0 Å². The van der Waals surface area contributed by atoms with Gasteiger partial charge in [0.1, 0.15) is 12.4 Å². The lowest BCUT2D eigenvalue weighted by molar-refractivity contribution is -0.122. The fourth-order valence-electron chi connectivity index (χ4n) is 2.62. The maximum Gasteiger partial charge on any atom is 0.293 e. The summed E-state index contributed by atoms with van der Waals surface area (Å²) in [5.41, 5.74) is 1.67. The van der Waals surface area contributed by atoms with Crippen LogP contribution in [0.15, 0.2) is 47.4 Å². The first-order valence-corrected chi connectivity index (χ1v) is 10.5. The maximum atomic E-state index is 12.4. The highest BCUT2D eigenvalue weighted by molar-refractivity contribution is 8.18. The quantitative estimate of drug-likeness (QED) is 0.471. The first-order valence-electron chi connectivity index (χ1n) is 8.90. The van der Waals surface area contributed by atoms with Crippen LogP contribution in [0.2, 0.25) is 10.0 Å². The number of carbonyl (C=O) groups excluding carboxylic acids is 2. The molecule has 1 aliphatic heterocycles. The van der Waals surface area contributed by atoms with Crippen molar-refractivity contribution in [1.29, 1.82) is 0 Å². The molecule has 2 aromatic carbocycles. The van der Waals surface area contributed by atoms with Gasteiger partial charge in [-0.2, -0.15) is 0 Å². The Hall–Kier alpha value is -1.95. The van der Waals surface area contributed by atoms with E-state index in [9.17, 15) is 9.59 Å². The minimum Gasteiger partial charge on any atom is -0.489 e. The van der Waals surface area contributed by atoms with Gasteiger partial charge in [0.2, 0.25) is 0 Å². The van der Waals surface area contributed by atoms with Crippen molar-refractivity contribution >= 4 is 52.2 Å². The van der Waals surface area contributed by atoms with Gasteiger partial charge in [-0.25, -0.2) is 0 Å². The SMILES string of the molecule is CCCCN1C(=O)S/C(=C\c2ccc(OCc3ccc(Cl)cc3Cl)cc2)C1=O. The van der Waals surface area contributed by atoms with E-state index < -0.39 is 0 Å². The fraction of sp³-hybridized carbons (Fsp3) is 0.238. The Balaban J connectivity index is 1.63. The predicted octanol–water partition coefficient (Wildman–Crippen LogP) is 6.41. The fourth-order valence-corrected chi connectivity index (χ4v) is 3.95. The molecule has 2 aromatic rings. The third kappa shape index (κ3) is 5.10. The lowest BCUT2D eigenvalue weighted by atomic mass is 10.2. The Morgan fingerprint density at radius 1 is 1.11 bits per heavy atom. The van der Waals surface area contributed by atoms with E-state index in [-0.39, 0.29) is 11.1 Å². The molecule has 0 unspecified atom stereocenters. The summed E-state index contributed by atoms with van der Waals surface area (Å²) in [5.74, 6) is 0.459. The molecule has 0 radical (unpaired) electrons. The van der Waals surface area contributed by atoms with Crippen molar-refractivity contribution in [2.75, 3.05) is 6.54 Å². The summed E-state index contributed by atoms with van der Waals surface area (Å²) in [4.78, 5) is 26.1. The van der Waals surface area contributed by atoms with E-state index in [0.29, 0.717) is 33.9 Å². The average Bonchev–Trinajstić information content (AvgIpc) is 2.93. The van der Waals surface area contributed by atoms with E-state index in [1.54, 1.807) is 18.2 Å². The topological polar surface area (TPSA) is 46.6 Å². The van der Waals surface area contributed by atoms with Crippen molar-refractivity contribution in [2.45, 2.75) is 26.4 Å². The van der Waals surface area contributed by atoms with E-state index >= 15 is 0 Å². The number of ether oxygens (including phenoxy) is 1.